The highest BCUT2D eigenvalue weighted by atomic mass is 32.2. The van der Waals surface area contributed by atoms with Crippen molar-refractivity contribution >= 4 is 50.0 Å². The third kappa shape index (κ3) is 6.76. The summed E-state index contributed by atoms with van der Waals surface area (Å²) >= 11 is 1.31. The van der Waals surface area contributed by atoms with Gasteiger partial charge < -0.3 is 14.8 Å². The molecule has 3 aromatic rings. The van der Waals surface area contributed by atoms with Gasteiger partial charge in [0.1, 0.15) is 10.8 Å². The number of carbonyl (C=O) groups excluding carboxylic acids is 3. The van der Waals surface area contributed by atoms with Gasteiger partial charge in [-0.1, -0.05) is 12.5 Å². The minimum atomic E-state index is -3.91. The Hall–Kier alpha value is -3.90. The molecular formula is C27H29N3O7S2. The van der Waals surface area contributed by atoms with E-state index >= 15 is 0 Å². The first kappa shape index (κ1) is 28.1. The Labute approximate surface area is 230 Å². The lowest BCUT2D eigenvalue weighted by atomic mass is 10.0. The monoisotopic (exact) mass is 571 g/mol. The molecule has 206 valence electrons. The van der Waals surface area contributed by atoms with Gasteiger partial charge in [-0.05, 0) is 80.6 Å². The summed E-state index contributed by atoms with van der Waals surface area (Å²) in [6.07, 6.45) is 3.48. The number of ether oxygens (including phenoxy) is 2. The summed E-state index contributed by atoms with van der Waals surface area (Å²) in [7, 11) is -2.42. The molecular weight excluding hydrogens is 542 g/mol. The van der Waals surface area contributed by atoms with Crippen molar-refractivity contribution in [3.05, 3.63) is 70.1 Å². The van der Waals surface area contributed by atoms with Crippen LogP contribution in [-0.4, -0.2) is 40.0 Å². The molecule has 3 N–H and O–H groups in total. The van der Waals surface area contributed by atoms with Crippen molar-refractivity contribution in [3.63, 3.8) is 0 Å². The molecule has 1 aromatic heterocycles. The second kappa shape index (κ2) is 12.3. The van der Waals surface area contributed by atoms with Gasteiger partial charge in [0.2, 0.25) is 0 Å². The Morgan fingerprint density at radius 1 is 0.974 bits per heavy atom. The summed E-state index contributed by atoms with van der Waals surface area (Å²) in [6.45, 7) is 1.75. The van der Waals surface area contributed by atoms with Gasteiger partial charge >= 0.3 is 6.09 Å². The summed E-state index contributed by atoms with van der Waals surface area (Å²) in [5.41, 5.74) is 1.47. The van der Waals surface area contributed by atoms with Crippen molar-refractivity contribution in [3.8, 4) is 5.75 Å². The van der Waals surface area contributed by atoms with Crippen molar-refractivity contribution in [2.45, 2.75) is 43.9 Å². The van der Waals surface area contributed by atoms with E-state index in [2.05, 4.69) is 15.4 Å². The first-order valence-electron chi connectivity index (χ1n) is 12.4. The Bertz CT molecular complexity index is 1480. The number of fused-ring (bicyclic) bond motifs is 1. The number of hydrogen-bond donors (Lipinski definition) is 3. The fraction of sp³-hybridized carbons (Fsp3) is 0.296. The number of nitrogens with one attached hydrogen (secondary N) is 3. The number of amides is 3. The molecule has 0 spiro atoms. The van der Waals surface area contributed by atoms with Crippen LogP contribution in [-0.2, 0) is 27.6 Å². The number of imide groups is 1. The predicted molar refractivity (Wildman–Crippen MR) is 148 cm³/mol. The molecule has 0 fully saturated rings. The van der Waals surface area contributed by atoms with Crippen molar-refractivity contribution in [1.82, 2.24) is 5.32 Å². The molecule has 4 rings (SSSR count). The third-order valence-electron chi connectivity index (χ3n) is 6.11. The lowest BCUT2D eigenvalue weighted by Crippen LogP contribution is -2.32. The summed E-state index contributed by atoms with van der Waals surface area (Å²) in [6, 6.07) is 11.9. The molecule has 39 heavy (non-hydrogen) atoms. The van der Waals surface area contributed by atoms with Gasteiger partial charge in [0, 0.05) is 16.1 Å². The molecule has 0 aliphatic heterocycles. The van der Waals surface area contributed by atoms with Crippen LogP contribution in [0.3, 0.4) is 0 Å². The highest BCUT2D eigenvalue weighted by Crippen LogP contribution is 2.38. The molecule has 3 amide bonds. The zero-order valence-corrected chi connectivity index (χ0v) is 23.2. The summed E-state index contributed by atoms with van der Waals surface area (Å²) in [5.74, 6) is -0.639. The molecule has 0 saturated heterocycles. The van der Waals surface area contributed by atoms with Crippen LogP contribution in [0.4, 0.5) is 15.5 Å². The maximum Gasteiger partial charge on any atom is 0.414 e. The highest BCUT2D eigenvalue weighted by molar-refractivity contribution is 7.92. The van der Waals surface area contributed by atoms with Crippen LogP contribution < -0.4 is 20.1 Å². The number of rotatable bonds is 8. The molecule has 0 unspecified atom stereocenters. The van der Waals surface area contributed by atoms with E-state index in [0.717, 1.165) is 36.1 Å². The highest BCUT2D eigenvalue weighted by Gasteiger charge is 2.27. The molecule has 1 aliphatic rings. The topological polar surface area (TPSA) is 140 Å². The molecule has 1 heterocycles. The van der Waals surface area contributed by atoms with Crippen LogP contribution in [0.2, 0.25) is 0 Å². The number of alkyl carbamates (subject to hydrolysis) is 1. The largest absolute Gasteiger partial charge is 0.497 e. The molecule has 0 saturated carbocycles. The second-order valence-corrected chi connectivity index (χ2v) is 11.5. The molecule has 12 heteroatoms. The van der Waals surface area contributed by atoms with Gasteiger partial charge in [-0.2, -0.15) is 0 Å². The minimum Gasteiger partial charge on any atom is -0.497 e. The number of anilines is 2. The van der Waals surface area contributed by atoms with E-state index < -0.39 is 27.9 Å². The molecule has 0 atom stereocenters. The molecule has 0 radical (unpaired) electrons. The molecule has 10 nitrogen and oxygen atoms in total. The average Bonchev–Trinajstić information content (AvgIpc) is 3.08. The zero-order valence-electron chi connectivity index (χ0n) is 21.5. The lowest BCUT2D eigenvalue weighted by molar-refractivity contribution is 0.0925. The SMILES string of the molecule is CCOC(=O)NC(=O)c1c(NC(=O)c2cccc(NS(=O)(=O)c3ccc(OC)cc3)c2)sc2c1CCCCC2. The van der Waals surface area contributed by atoms with E-state index in [-0.39, 0.29) is 28.3 Å². The normalized spacial score (nSPS) is 13.0. The Morgan fingerprint density at radius 3 is 2.44 bits per heavy atom. The van der Waals surface area contributed by atoms with Crippen molar-refractivity contribution in [2.75, 3.05) is 23.8 Å². The number of methoxy groups -OCH3 is 1. The van der Waals surface area contributed by atoms with E-state index in [1.807, 2.05) is 0 Å². The van der Waals surface area contributed by atoms with Crippen LogP contribution in [0.15, 0.2) is 53.4 Å². The molecule has 0 bridgehead atoms. The number of thiophene rings is 1. The molecule has 2 aromatic carbocycles. The first-order valence-corrected chi connectivity index (χ1v) is 14.7. The lowest BCUT2D eigenvalue weighted by Gasteiger charge is -2.11. The van der Waals surface area contributed by atoms with Crippen molar-refractivity contribution < 1.29 is 32.3 Å². The second-order valence-electron chi connectivity index (χ2n) is 8.76. The quantitative estimate of drug-likeness (QED) is 0.325. The van der Waals surface area contributed by atoms with E-state index in [9.17, 15) is 22.8 Å². The summed E-state index contributed by atoms with van der Waals surface area (Å²) < 4.78 is 38.1. The van der Waals surface area contributed by atoms with Crippen LogP contribution in [0.5, 0.6) is 5.75 Å². The fourth-order valence-corrected chi connectivity index (χ4v) is 6.59. The molecule has 1 aliphatic carbocycles. The Kier molecular flexibility index (Phi) is 8.87. The van der Waals surface area contributed by atoms with Crippen molar-refractivity contribution in [1.29, 1.82) is 0 Å². The van der Waals surface area contributed by atoms with E-state index in [0.29, 0.717) is 17.2 Å². The Balaban J connectivity index is 1.57. The average molecular weight is 572 g/mol. The number of benzene rings is 2. The van der Waals surface area contributed by atoms with Gasteiger partial charge in [0.05, 0.1) is 24.2 Å². The number of sulfonamides is 1. The van der Waals surface area contributed by atoms with E-state index in [1.165, 1.54) is 60.9 Å². The van der Waals surface area contributed by atoms with Crippen LogP contribution in [0, 0.1) is 0 Å². The van der Waals surface area contributed by atoms with Crippen LogP contribution >= 0.6 is 11.3 Å². The van der Waals surface area contributed by atoms with Gasteiger partial charge in [0.15, 0.2) is 0 Å². The Morgan fingerprint density at radius 2 is 1.72 bits per heavy atom. The first-order chi connectivity index (χ1) is 18.7. The third-order valence-corrected chi connectivity index (χ3v) is 8.72. The maximum atomic E-state index is 13.2. The number of aryl methyl sites for hydroxylation is 1. The summed E-state index contributed by atoms with van der Waals surface area (Å²) in [5, 5.41) is 5.37. The number of carbonyl (C=O) groups is 3. The predicted octanol–water partition coefficient (Wildman–Crippen LogP) is 4.97. The van der Waals surface area contributed by atoms with E-state index in [1.54, 1.807) is 13.0 Å². The summed E-state index contributed by atoms with van der Waals surface area (Å²) in [4.78, 5) is 39.3. The smallest absolute Gasteiger partial charge is 0.414 e. The zero-order chi connectivity index (χ0) is 28.0. The van der Waals surface area contributed by atoms with E-state index in [4.69, 9.17) is 9.47 Å². The van der Waals surface area contributed by atoms with Gasteiger partial charge in [-0.15, -0.1) is 11.3 Å². The van der Waals surface area contributed by atoms with Crippen molar-refractivity contribution in [2.24, 2.45) is 0 Å². The maximum absolute atomic E-state index is 13.2. The van der Waals surface area contributed by atoms with Gasteiger partial charge in [-0.25, -0.2) is 13.2 Å². The fourth-order valence-electron chi connectivity index (χ4n) is 4.26. The van der Waals surface area contributed by atoms with Crippen LogP contribution in [0.1, 0.15) is 57.3 Å². The van der Waals surface area contributed by atoms with Gasteiger partial charge in [-0.3, -0.25) is 19.6 Å². The van der Waals surface area contributed by atoms with Crippen LogP contribution in [0.25, 0.3) is 0 Å². The minimum absolute atomic E-state index is 0.0375. The standard InChI is InChI=1S/C27H29N3O7S2/c1-3-37-27(33)29-25(32)23-21-10-5-4-6-11-22(21)38-26(23)28-24(31)17-8-7-9-18(16-17)30-39(34,35)20-14-12-19(36-2)13-15-20/h7-9,12-16,30H,3-6,10-11H2,1-2H3,(H,28,31)(H,29,32,33). The number of hydrogen-bond acceptors (Lipinski definition) is 8. The van der Waals surface area contributed by atoms with Gasteiger partial charge in [0.25, 0.3) is 21.8 Å².